The first-order valence-electron chi connectivity index (χ1n) is 6.80. The maximum Gasteiger partial charge on any atom is 0.261 e. The molecular weight excluding hydrogens is 254 g/mol. The van der Waals surface area contributed by atoms with Gasteiger partial charge in [0.2, 0.25) is 0 Å². The number of benzene rings is 1. The molecular formula is C15H17N3O2. The lowest BCUT2D eigenvalue weighted by Gasteiger charge is -2.27. The number of pyridine rings is 1. The van der Waals surface area contributed by atoms with Gasteiger partial charge >= 0.3 is 0 Å². The van der Waals surface area contributed by atoms with Gasteiger partial charge in [-0.2, -0.15) is 0 Å². The highest BCUT2D eigenvalue weighted by molar-refractivity contribution is 5.99. The molecule has 0 aliphatic carbocycles. The summed E-state index contributed by atoms with van der Waals surface area (Å²) in [4.78, 5) is 29.3. The second-order valence-electron chi connectivity index (χ2n) is 5.04. The second kappa shape index (κ2) is 5.09. The molecule has 5 heteroatoms. The molecule has 0 bridgehead atoms. The molecule has 0 spiro atoms. The highest BCUT2D eigenvalue weighted by Crippen LogP contribution is 2.18. The average molecular weight is 271 g/mol. The van der Waals surface area contributed by atoms with Crippen molar-refractivity contribution in [1.82, 2.24) is 15.2 Å². The first-order valence-corrected chi connectivity index (χ1v) is 6.80. The molecule has 0 atom stereocenters. The van der Waals surface area contributed by atoms with Gasteiger partial charge in [-0.3, -0.25) is 9.59 Å². The summed E-state index contributed by atoms with van der Waals surface area (Å²) in [6.45, 7) is 4.68. The first-order chi connectivity index (χ1) is 9.68. The van der Waals surface area contributed by atoms with Crippen LogP contribution in [0.25, 0.3) is 10.9 Å². The third-order valence-electron chi connectivity index (χ3n) is 3.80. The smallest absolute Gasteiger partial charge is 0.261 e. The number of hydrogen-bond acceptors (Lipinski definition) is 3. The number of nitrogens with zero attached hydrogens (tertiary/aromatic N) is 1. The summed E-state index contributed by atoms with van der Waals surface area (Å²) in [6, 6.07) is 7.56. The summed E-state index contributed by atoms with van der Waals surface area (Å²) < 4.78 is 0. The van der Waals surface area contributed by atoms with E-state index in [1.165, 1.54) is 0 Å². The van der Waals surface area contributed by atoms with Crippen LogP contribution in [-0.2, 0) is 0 Å². The number of aromatic nitrogens is 1. The monoisotopic (exact) mass is 271 g/mol. The zero-order valence-electron chi connectivity index (χ0n) is 11.4. The Balaban J connectivity index is 2.11. The Hall–Kier alpha value is -2.14. The summed E-state index contributed by atoms with van der Waals surface area (Å²) in [7, 11) is 0. The lowest BCUT2D eigenvalue weighted by molar-refractivity contribution is 0.0733. The lowest BCUT2D eigenvalue weighted by Crippen LogP contribution is -2.47. The first kappa shape index (κ1) is 12.9. The van der Waals surface area contributed by atoms with E-state index in [1.54, 1.807) is 4.90 Å². The number of hydrogen-bond donors (Lipinski definition) is 2. The fourth-order valence-corrected chi connectivity index (χ4v) is 2.69. The van der Waals surface area contributed by atoms with E-state index in [-0.39, 0.29) is 17.0 Å². The van der Waals surface area contributed by atoms with Crippen LogP contribution >= 0.6 is 0 Å². The van der Waals surface area contributed by atoms with Gasteiger partial charge in [0.25, 0.3) is 11.5 Å². The third-order valence-corrected chi connectivity index (χ3v) is 3.80. The van der Waals surface area contributed by atoms with Crippen molar-refractivity contribution in [3.8, 4) is 0 Å². The molecule has 1 aromatic carbocycles. The van der Waals surface area contributed by atoms with Crippen molar-refractivity contribution in [3.05, 3.63) is 45.7 Å². The van der Waals surface area contributed by atoms with Crippen LogP contribution in [-0.4, -0.2) is 42.0 Å². The minimum atomic E-state index is -0.301. The number of para-hydroxylation sites is 1. The van der Waals surface area contributed by atoms with Gasteiger partial charge in [0.05, 0.1) is 0 Å². The molecule has 3 rings (SSSR count). The molecule has 5 nitrogen and oxygen atoms in total. The van der Waals surface area contributed by atoms with Crippen LogP contribution < -0.4 is 10.9 Å². The Labute approximate surface area is 116 Å². The largest absolute Gasteiger partial charge is 0.336 e. The number of nitrogens with one attached hydrogen (secondary N) is 2. The van der Waals surface area contributed by atoms with Crippen molar-refractivity contribution < 1.29 is 4.79 Å². The number of carbonyl (C=O) groups is 1. The van der Waals surface area contributed by atoms with Crippen LogP contribution in [0.15, 0.2) is 29.1 Å². The molecule has 104 valence electrons. The molecule has 1 fully saturated rings. The van der Waals surface area contributed by atoms with Gasteiger partial charge in [-0.15, -0.1) is 0 Å². The molecule has 2 aromatic rings. The standard InChI is InChI=1S/C15H17N3O2/c1-10-11-4-2-3-5-12(11)17-14(19)13(10)15(20)18-8-6-16-7-9-18/h2-5,16H,6-9H2,1H3,(H,17,19). The average Bonchev–Trinajstić information content (AvgIpc) is 2.48. The van der Waals surface area contributed by atoms with Crippen LogP contribution in [0.1, 0.15) is 15.9 Å². The Bertz CT molecular complexity index is 715. The van der Waals surface area contributed by atoms with Crippen LogP contribution in [0.3, 0.4) is 0 Å². The van der Waals surface area contributed by atoms with Gasteiger partial charge < -0.3 is 15.2 Å². The van der Waals surface area contributed by atoms with Crippen molar-refractivity contribution >= 4 is 16.8 Å². The SMILES string of the molecule is Cc1c(C(=O)N2CCNCC2)c(=O)[nH]c2ccccc12. The Morgan fingerprint density at radius 2 is 1.90 bits per heavy atom. The molecule has 20 heavy (non-hydrogen) atoms. The number of aromatic amines is 1. The number of rotatable bonds is 1. The lowest BCUT2D eigenvalue weighted by atomic mass is 10.0. The molecule has 2 N–H and O–H groups in total. The van der Waals surface area contributed by atoms with Gasteiger partial charge in [-0.05, 0) is 18.6 Å². The third kappa shape index (κ3) is 2.10. The van der Waals surface area contributed by atoms with Gasteiger partial charge in [-0.25, -0.2) is 0 Å². The van der Waals surface area contributed by atoms with Crippen LogP contribution in [0.4, 0.5) is 0 Å². The van der Waals surface area contributed by atoms with Gasteiger partial charge in [0, 0.05) is 37.1 Å². The van der Waals surface area contributed by atoms with Gasteiger partial charge in [-0.1, -0.05) is 18.2 Å². The van der Waals surface area contributed by atoms with E-state index in [0.29, 0.717) is 13.1 Å². The maximum atomic E-state index is 12.6. The highest BCUT2D eigenvalue weighted by Gasteiger charge is 2.23. The molecule has 1 aromatic heterocycles. The molecule has 1 saturated heterocycles. The number of fused-ring (bicyclic) bond motifs is 1. The number of aryl methyl sites for hydroxylation is 1. The van der Waals surface area contributed by atoms with Crippen LogP contribution in [0, 0.1) is 6.92 Å². The molecule has 1 aliphatic heterocycles. The highest BCUT2D eigenvalue weighted by atomic mass is 16.2. The summed E-state index contributed by atoms with van der Waals surface area (Å²) in [5.74, 6) is -0.170. The number of H-pyrrole nitrogens is 1. The van der Waals surface area contributed by atoms with E-state index in [0.717, 1.165) is 29.6 Å². The van der Waals surface area contributed by atoms with E-state index in [4.69, 9.17) is 0 Å². The van der Waals surface area contributed by atoms with Crippen molar-refractivity contribution in [2.75, 3.05) is 26.2 Å². The maximum absolute atomic E-state index is 12.6. The van der Waals surface area contributed by atoms with E-state index < -0.39 is 0 Å². The molecule has 0 saturated carbocycles. The summed E-state index contributed by atoms with van der Waals surface area (Å²) in [5, 5.41) is 4.12. The Kier molecular flexibility index (Phi) is 3.28. The predicted molar refractivity (Wildman–Crippen MR) is 78.1 cm³/mol. The number of piperazine rings is 1. The summed E-state index contributed by atoms with van der Waals surface area (Å²) >= 11 is 0. The van der Waals surface area contributed by atoms with E-state index in [2.05, 4.69) is 10.3 Å². The van der Waals surface area contributed by atoms with Crippen molar-refractivity contribution in [1.29, 1.82) is 0 Å². The predicted octanol–water partition coefficient (Wildman–Crippen LogP) is 0.882. The van der Waals surface area contributed by atoms with E-state index in [1.807, 2.05) is 31.2 Å². The zero-order chi connectivity index (χ0) is 14.1. The van der Waals surface area contributed by atoms with E-state index in [9.17, 15) is 9.59 Å². The molecule has 1 aliphatic rings. The Morgan fingerprint density at radius 1 is 1.20 bits per heavy atom. The topological polar surface area (TPSA) is 65.2 Å². The summed E-state index contributed by atoms with van der Waals surface area (Å²) in [6.07, 6.45) is 0. The van der Waals surface area contributed by atoms with Crippen molar-refractivity contribution in [2.45, 2.75) is 6.92 Å². The number of carbonyl (C=O) groups excluding carboxylic acids is 1. The normalized spacial score (nSPS) is 15.6. The fourth-order valence-electron chi connectivity index (χ4n) is 2.69. The minimum absolute atomic E-state index is 0.170. The van der Waals surface area contributed by atoms with Crippen molar-refractivity contribution in [2.24, 2.45) is 0 Å². The quantitative estimate of drug-likeness (QED) is 0.809. The van der Waals surface area contributed by atoms with Gasteiger partial charge in [0.15, 0.2) is 0 Å². The van der Waals surface area contributed by atoms with Crippen LogP contribution in [0.5, 0.6) is 0 Å². The van der Waals surface area contributed by atoms with Crippen molar-refractivity contribution in [3.63, 3.8) is 0 Å². The second-order valence-corrected chi connectivity index (χ2v) is 5.04. The van der Waals surface area contributed by atoms with Crippen LogP contribution in [0.2, 0.25) is 0 Å². The van der Waals surface area contributed by atoms with E-state index >= 15 is 0 Å². The number of amides is 1. The minimum Gasteiger partial charge on any atom is -0.336 e. The molecule has 1 amide bonds. The molecule has 2 heterocycles. The fraction of sp³-hybridized carbons (Fsp3) is 0.333. The summed E-state index contributed by atoms with van der Waals surface area (Å²) in [5.41, 5.74) is 1.50. The molecule has 0 unspecified atom stereocenters. The molecule has 0 radical (unpaired) electrons. The van der Waals surface area contributed by atoms with Gasteiger partial charge in [0.1, 0.15) is 5.56 Å². The Morgan fingerprint density at radius 3 is 2.65 bits per heavy atom. The zero-order valence-corrected chi connectivity index (χ0v) is 11.4.